The van der Waals surface area contributed by atoms with E-state index >= 15 is 0 Å². The zero-order chi connectivity index (χ0) is 16.8. The maximum absolute atomic E-state index is 12.6. The Kier molecular flexibility index (Phi) is 3.79. The molecule has 0 radical (unpaired) electrons. The summed E-state index contributed by atoms with van der Waals surface area (Å²) in [5, 5.41) is 2.75. The van der Waals surface area contributed by atoms with Crippen LogP contribution in [0, 0.1) is 6.92 Å². The van der Waals surface area contributed by atoms with Crippen molar-refractivity contribution in [1.82, 2.24) is 10.2 Å². The summed E-state index contributed by atoms with van der Waals surface area (Å²) >= 11 is 0. The predicted octanol–water partition coefficient (Wildman–Crippen LogP) is 1.40. The molecule has 1 N–H and O–H groups in total. The van der Waals surface area contributed by atoms with Crippen LogP contribution < -0.4 is 5.32 Å². The number of aryl methyl sites for hydroxylation is 1. The fourth-order valence-electron chi connectivity index (χ4n) is 3.14. The molecule has 2 aliphatic heterocycles. The quantitative estimate of drug-likeness (QED) is 0.792. The van der Waals surface area contributed by atoms with E-state index in [1.807, 2.05) is 13.0 Å². The van der Waals surface area contributed by atoms with Crippen LogP contribution >= 0.6 is 0 Å². The Labute approximate surface area is 130 Å². The first-order valence-electron chi connectivity index (χ1n) is 7.19. The zero-order valence-electron chi connectivity index (χ0n) is 12.3. The monoisotopic (exact) mass is 328 g/mol. The van der Waals surface area contributed by atoms with E-state index in [0.29, 0.717) is 18.5 Å². The van der Waals surface area contributed by atoms with Crippen LogP contribution in [0.25, 0.3) is 0 Å². The van der Waals surface area contributed by atoms with E-state index in [2.05, 4.69) is 10.1 Å². The number of benzene rings is 1. The Hall–Kier alpha value is -2.09. The normalized spacial score (nSPS) is 24.0. The summed E-state index contributed by atoms with van der Waals surface area (Å²) in [5.74, 6) is -2.48. The van der Waals surface area contributed by atoms with Crippen LogP contribution in [0.1, 0.15) is 21.5 Å². The highest BCUT2D eigenvalue weighted by Crippen LogP contribution is 2.30. The number of rotatable bonds is 1. The van der Waals surface area contributed by atoms with E-state index in [1.165, 1.54) is 4.90 Å². The molecule has 0 aromatic heterocycles. The molecule has 0 bridgehead atoms. The molecule has 0 spiro atoms. The van der Waals surface area contributed by atoms with Crippen LogP contribution in [-0.4, -0.2) is 48.3 Å². The van der Waals surface area contributed by atoms with E-state index in [4.69, 9.17) is 0 Å². The summed E-state index contributed by atoms with van der Waals surface area (Å²) in [7, 11) is 0. The minimum Gasteiger partial charge on any atom is -0.438 e. The number of ether oxygens (including phenoxy) is 1. The first-order valence-corrected chi connectivity index (χ1v) is 7.19. The lowest BCUT2D eigenvalue weighted by molar-refractivity contribution is -0.210. The third-order valence-electron chi connectivity index (χ3n) is 4.18. The van der Waals surface area contributed by atoms with Gasteiger partial charge in [0.2, 0.25) is 0 Å². The molecule has 3 rings (SSSR count). The van der Waals surface area contributed by atoms with Gasteiger partial charge in [-0.1, -0.05) is 18.2 Å². The minimum absolute atomic E-state index is 0.232. The van der Waals surface area contributed by atoms with Gasteiger partial charge < -0.3 is 9.64 Å². The number of nitrogens with zero attached hydrogens (tertiary/aromatic N) is 1. The Morgan fingerprint density at radius 2 is 2.13 bits per heavy atom. The molecule has 1 fully saturated rings. The van der Waals surface area contributed by atoms with Crippen LogP contribution in [0.4, 0.5) is 13.2 Å². The number of hydrogen-bond acceptors (Lipinski definition) is 4. The van der Waals surface area contributed by atoms with Crippen molar-refractivity contribution in [2.45, 2.75) is 31.8 Å². The second-order valence-corrected chi connectivity index (χ2v) is 5.66. The summed E-state index contributed by atoms with van der Waals surface area (Å²) in [5.41, 5.74) is 2.17. The number of carbonyl (C=O) groups is 2. The lowest BCUT2D eigenvalue weighted by Gasteiger charge is -2.44. The van der Waals surface area contributed by atoms with Gasteiger partial charge >= 0.3 is 12.1 Å². The van der Waals surface area contributed by atoms with Crippen molar-refractivity contribution in [3.8, 4) is 0 Å². The second-order valence-electron chi connectivity index (χ2n) is 5.66. The van der Waals surface area contributed by atoms with Gasteiger partial charge in [-0.3, -0.25) is 10.1 Å². The minimum atomic E-state index is -5.06. The molecule has 23 heavy (non-hydrogen) atoms. The second kappa shape index (κ2) is 5.52. The van der Waals surface area contributed by atoms with E-state index in [0.717, 1.165) is 11.1 Å². The molecule has 0 aliphatic carbocycles. The van der Waals surface area contributed by atoms with Gasteiger partial charge in [0.15, 0.2) is 6.23 Å². The molecule has 1 aromatic rings. The fourth-order valence-corrected chi connectivity index (χ4v) is 3.14. The Morgan fingerprint density at radius 1 is 1.39 bits per heavy atom. The summed E-state index contributed by atoms with van der Waals surface area (Å²) in [6, 6.07) is 4.75. The van der Waals surface area contributed by atoms with E-state index in [9.17, 15) is 22.8 Å². The molecule has 1 saturated heterocycles. The Balaban J connectivity index is 1.88. The average molecular weight is 328 g/mol. The van der Waals surface area contributed by atoms with Gasteiger partial charge in [0.25, 0.3) is 5.91 Å². The van der Waals surface area contributed by atoms with Crippen LogP contribution in [0.2, 0.25) is 0 Å². The van der Waals surface area contributed by atoms with Gasteiger partial charge in [-0.15, -0.1) is 0 Å². The summed E-state index contributed by atoms with van der Waals surface area (Å²) in [4.78, 5) is 25.2. The number of amides is 1. The third kappa shape index (κ3) is 2.78. The number of nitrogens with one attached hydrogen (secondary N) is 1. The number of alkyl halides is 3. The summed E-state index contributed by atoms with van der Waals surface area (Å²) in [6.45, 7) is 2.44. The van der Waals surface area contributed by atoms with Crippen LogP contribution in [-0.2, 0) is 16.0 Å². The molecule has 2 heterocycles. The van der Waals surface area contributed by atoms with Crippen molar-refractivity contribution in [1.29, 1.82) is 0 Å². The Morgan fingerprint density at radius 3 is 2.83 bits per heavy atom. The van der Waals surface area contributed by atoms with Crippen LogP contribution in [0.15, 0.2) is 18.2 Å². The van der Waals surface area contributed by atoms with E-state index in [-0.39, 0.29) is 12.5 Å². The third-order valence-corrected chi connectivity index (χ3v) is 4.18. The van der Waals surface area contributed by atoms with Crippen molar-refractivity contribution >= 4 is 11.9 Å². The van der Waals surface area contributed by atoms with Gasteiger partial charge in [-0.05, 0) is 24.5 Å². The number of esters is 1. The van der Waals surface area contributed by atoms with Crippen molar-refractivity contribution < 1.29 is 27.5 Å². The molecule has 2 atom stereocenters. The highest BCUT2D eigenvalue weighted by Gasteiger charge is 2.47. The smallest absolute Gasteiger partial charge is 0.438 e. The molecule has 8 heteroatoms. The predicted molar refractivity (Wildman–Crippen MR) is 73.6 cm³/mol. The van der Waals surface area contributed by atoms with Crippen molar-refractivity contribution in [2.24, 2.45) is 0 Å². The number of piperazine rings is 1. The van der Waals surface area contributed by atoms with Gasteiger partial charge in [-0.2, -0.15) is 13.2 Å². The molecule has 1 amide bonds. The number of halogens is 3. The molecule has 5 nitrogen and oxygen atoms in total. The number of fused-ring (bicyclic) bond motifs is 2. The number of carbonyl (C=O) groups excluding carboxylic acids is 2. The molecular weight excluding hydrogens is 313 g/mol. The standard InChI is InChI=1S/C15H15F3N2O3/c1-8-3-2-4-9-7-10-12(23-14(22)15(16,17)18)19-5-6-20(10)13(21)11(8)9/h2-4,10,12,19H,5-7H2,1H3/t10-,12?/m1/s1. The van der Waals surface area contributed by atoms with Crippen molar-refractivity contribution in [3.05, 3.63) is 34.9 Å². The Bertz CT molecular complexity index is 660. The molecule has 2 aliphatic rings. The van der Waals surface area contributed by atoms with Gasteiger partial charge in [-0.25, -0.2) is 4.79 Å². The van der Waals surface area contributed by atoms with E-state index < -0.39 is 24.4 Å². The fraction of sp³-hybridized carbons (Fsp3) is 0.467. The lowest BCUT2D eigenvalue weighted by atomic mass is 9.88. The lowest BCUT2D eigenvalue weighted by Crippen LogP contribution is -2.63. The van der Waals surface area contributed by atoms with Crippen molar-refractivity contribution in [2.75, 3.05) is 13.1 Å². The molecule has 124 valence electrons. The average Bonchev–Trinajstić information content (AvgIpc) is 2.47. The molecule has 0 saturated carbocycles. The molecule has 1 unspecified atom stereocenters. The maximum atomic E-state index is 12.6. The first kappa shape index (κ1) is 15.8. The summed E-state index contributed by atoms with van der Waals surface area (Å²) in [6.07, 6.45) is -5.89. The van der Waals surface area contributed by atoms with Gasteiger partial charge in [0, 0.05) is 18.7 Å². The topological polar surface area (TPSA) is 58.6 Å². The molecule has 1 aromatic carbocycles. The highest BCUT2D eigenvalue weighted by molar-refractivity contribution is 5.98. The van der Waals surface area contributed by atoms with Crippen LogP contribution in [0.5, 0.6) is 0 Å². The number of hydrogen-bond donors (Lipinski definition) is 1. The zero-order valence-corrected chi connectivity index (χ0v) is 12.3. The van der Waals surface area contributed by atoms with Crippen molar-refractivity contribution in [3.63, 3.8) is 0 Å². The van der Waals surface area contributed by atoms with Crippen LogP contribution in [0.3, 0.4) is 0 Å². The van der Waals surface area contributed by atoms with Gasteiger partial charge in [0.05, 0.1) is 6.04 Å². The van der Waals surface area contributed by atoms with Gasteiger partial charge in [0.1, 0.15) is 0 Å². The SMILES string of the molecule is Cc1cccc2c1C(=O)N1CCNC(OC(=O)C(F)(F)F)[C@H]1C2. The highest BCUT2D eigenvalue weighted by atomic mass is 19.4. The van der Waals surface area contributed by atoms with E-state index in [1.54, 1.807) is 12.1 Å². The summed E-state index contributed by atoms with van der Waals surface area (Å²) < 4.78 is 41.8. The first-order chi connectivity index (χ1) is 10.8. The maximum Gasteiger partial charge on any atom is 0.490 e. The molecular formula is C15H15F3N2O3. The largest absolute Gasteiger partial charge is 0.490 e.